The van der Waals surface area contributed by atoms with Gasteiger partial charge in [-0.05, 0) is 117 Å². The van der Waals surface area contributed by atoms with Crippen LogP contribution >= 0.6 is 0 Å². The van der Waals surface area contributed by atoms with Gasteiger partial charge in [0.2, 0.25) is 0 Å². The van der Waals surface area contributed by atoms with Crippen molar-refractivity contribution in [2.75, 3.05) is 9.80 Å². The van der Waals surface area contributed by atoms with Crippen molar-refractivity contribution in [3.63, 3.8) is 0 Å². The summed E-state index contributed by atoms with van der Waals surface area (Å²) in [4.78, 5) is 4.55. The molecule has 9 aromatic carbocycles. The Morgan fingerprint density at radius 3 is 1.48 bits per heavy atom. The first-order valence-corrected chi connectivity index (χ1v) is 21.2. The molecular formula is C60H48N2. The Balaban J connectivity index is 1.04. The molecule has 0 fully saturated rings. The molecule has 0 spiro atoms. The van der Waals surface area contributed by atoms with Crippen molar-refractivity contribution in [1.29, 1.82) is 0 Å². The number of benzene rings is 9. The largest absolute Gasteiger partial charge is 0.314 e. The fraction of sp³-hybridized carbons (Fsp3) is 0.0333. The average Bonchev–Trinajstić information content (AvgIpc) is 3.32. The van der Waals surface area contributed by atoms with Gasteiger partial charge in [-0.15, -0.1) is 0 Å². The average molecular weight is 797 g/mol. The first-order valence-electron chi connectivity index (χ1n) is 21.2. The SMILES string of the molecule is C=C/C=C(\C)N(C(=C)c1ccccc1C)c1ccc(/C=C/c2c3ccccc3c(/C=C/c3ccc(N(c4ccccc4)c4cccc5ccccc45)cc3)c3ccccc23)cc1. The van der Waals surface area contributed by atoms with E-state index in [1.165, 1.54) is 49.0 Å². The Labute approximate surface area is 365 Å². The fourth-order valence-corrected chi connectivity index (χ4v) is 8.63. The maximum absolute atomic E-state index is 4.53. The van der Waals surface area contributed by atoms with Gasteiger partial charge in [0.15, 0.2) is 0 Å². The molecule has 2 heteroatoms. The van der Waals surface area contributed by atoms with Crippen LogP contribution in [0.2, 0.25) is 0 Å². The van der Waals surface area contributed by atoms with Crippen molar-refractivity contribution >= 4 is 85.1 Å². The summed E-state index contributed by atoms with van der Waals surface area (Å²) in [6.07, 6.45) is 12.9. The molecular weight excluding hydrogens is 749 g/mol. The van der Waals surface area contributed by atoms with Gasteiger partial charge in [-0.1, -0.05) is 195 Å². The van der Waals surface area contributed by atoms with Crippen LogP contribution in [0.25, 0.3) is 62.3 Å². The third-order valence-electron chi connectivity index (χ3n) is 11.7. The van der Waals surface area contributed by atoms with Crippen LogP contribution in [-0.2, 0) is 0 Å². The van der Waals surface area contributed by atoms with Gasteiger partial charge in [0.25, 0.3) is 0 Å². The number of allylic oxidation sites excluding steroid dienone is 3. The van der Waals surface area contributed by atoms with Crippen LogP contribution < -0.4 is 9.80 Å². The van der Waals surface area contributed by atoms with E-state index in [0.717, 1.165) is 50.8 Å². The lowest BCUT2D eigenvalue weighted by Crippen LogP contribution is -2.19. The number of fused-ring (bicyclic) bond motifs is 3. The highest BCUT2D eigenvalue weighted by Gasteiger charge is 2.17. The second kappa shape index (κ2) is 17.7. The van der Waals surface area contributed by atoms with Crippen LogP contribution in [0.4, 0.5) is 22.7 Å². The zero-order valence-electron chi connectivity index (χ0n) is 35.2. The molecule has 0 aliphatic rings. The zero-order chi connectivity index (χ0) is 42.4. The number of hydrogen-bond donors (Lipinski definition) is 0. The first kappa shape index (κ1) is 39.5. The maximum atomic E-state index is 4.53. The molecule has 0 aromatic heterocycles. The lowest BCUT2D eigenvalue weighted by molar-refractivity contribution is 1.16. The van der Waals surface area contributed by atoms with Gasteiger partial charge in [-0.25, -0.2) is 0 Å². The summed E-state index contributed by atoms with van der Waals surface area (Å²) in [5, 5.41) is 7.30. The highest BCUT2D eigenvalue weighted by atomic mass is 15.2. The Hall–Kier alpha value is -7.94. The lowest BCUT2D eigenvalue weighted by atomic mass is 9.91. The van der Waals surface area contributed by atoms with Crippen LogP contribution in [0.15, 0.2) is 225 Å². The van der Waals surface area contributed by atoms with E-state index >= 15 is 0 Å². The molecule has 0 saturated heterocycles. The fourth-order valence-electron chi connectivity index (χ4n) is 8.63. The predicted molar refractivity (Wildman–Crippen MR) is 271 cm³/mol. The van der Waals surface area contributed by atoms with E-state index in [0.29, 0.717) is 0 Å². The van der Waals surface area contributed by atoms with Gasteiger partial charge < -0.3 is 9.80 Å². The van der Waals surface area contributed by atoms with Crippen molar-refractivity contribution in [1.82, 2.24) is 0 Å². The van der Waals surface area contributed by atoms with Crippen LogP contribution in [0.1, 0.15) is 40.3 Å². The first-order chi connectivity index (χ1) is 30.5. The summed E-state index contributed by atoms with van der Waals surface area (Å²) in [5.41, 5.74) is 13.4. The smallest absolute Gasteiger partial charge is 0.0540 e. The molecule has 0 radical (unpaired) electrons. The van der Waals surface area contributed by atoms with E-state index in [1.807, 2.05) is 12.2 Å². The van der Waals surface area contributed by atoms with Crippen molar-refractivity contribution < 1.29 is 0 Å². The normalized spacial score (nSPS) is 11.8. The molecule has 62 heavy (non-hydrogen) atoms. The van der Waals surface area contributed by atoms with Gasteiger partial charge in [-0.2, -0.15) is 0 Å². The molecule has 0 amide bonds. The van der Waals surface area contributed by atoms with Gasteiger partial charge >= 0.3 is 0 Å². The summed E-state index contributed by atoms with van der Waals surface area (Å²) in [6.45, 7) is 12.7. The van der Waals surface area contributed by atoms with Gasteiger partial charge in [-0.3, -0.25) is 0 Å². The van der Waals surface area contributed by atoms with E-state index in [4.69, 9.17) is 0 Å². The maximum Gasteiger partial charge on any atom is 0.0540 e. The molecule has 0 bridgehead atoms. The Morgan fingerprint density at radius 2 is 0.919 bits per heavy atom. The molecule has 0 atom stereocenters. The molecule has 298 valence electrons. The van der Waals surface area contributed by atoms with Crippen molar-refractivity contribution in [3.8, 4) is 0 Å². The second-order valence-electron chi connectivity index (χ2n) is 15.6. The summed E-state index contributed by atoms with van der Waals surface area (Å²) in [6, 6.07) is 69.2. The topological polar surface area (TPSA) is 6.48 Å². The molecule has 0 N–H and O–H groups in total. The molecule has 0 unspecified atom stereocenters. The zero-order valence-corrected chi connectivity index (χ0v) is 35.2. The van der Waals surface area contributed by atoms with Gasteiger partial charge in [0.05, 0.1) is 5.69 Å². The van der Waals surface area contributed by atoms with E-state index in [2.05, 4.69) is 255 Å². The highest BCUT2D eigenvalue weighted by Crippen LogP contribution is 2.40. The Bertz CT molecular complexity index is 3100. The molecule has 2 nitrogen and oxygen atoms in total. The van der Waals surface area contributed by atoms with Crippen LogP contribution in [0, 0.1) is 6.92 Å². The van der Waals surface area contributed by atoms with Gasteiger partial charge in [0.1, 0.15) is 0 Å². The molecule has 0 aliphatic carbocycles. The molecule has 9 aromatic rings. The van der Waals surface area contributed by atoms with Gasteiger partial charge in [0, 0.05) is 39.4 Å². The second-order valence-corrected chi connectivity index (χ2v) is 15.6. The number of hydrogen-bond acceptors (Lipinski definition) is 2. The number of nitrogens with zero attached hydrogens (tertiary/aromatic N) is 2. The van der Waals surface area contributed by atoms with Crippen LogP contribution in [0.5, 0.6) is 0 Å². The minimum atomic E-state index is 0.928. The third-order valence-corrected chi connectivity index (χ3v) is 11.7. The van der Waals surface area contributed by atoms with E-state index in [9.17, 15) is 0 Å². The predicted octanol–water partition coefficient (Wildman–Crippen LogP) is 16.8. The molecule has 0 saturated carbocycles. The number of aryl methyl sites for hydroxylation is 1. The van der Waals surface area contributed by atoms with E-state index < -0.39 is 0 Å². The number of para-hydroxylation sites is 1. The highest BCUT2D eigenvalue weighted by molar-refractivity contribution is 6.14. The van der Waals surface area contributed by atoms with Crippen LogP contribution in [-0.4, -0.2) is 0 Å². The van der Waals surface area contributed by atoms with Crippen molar-refractivity contribution in [2.45, 2.75) is 13.8 Å². The molecule has 9 rings (SSSR count). The minimum Gasteiger partial charge on any atom is -0.314 e. The number of rotatable bonds is 12. The Morgan fingerprint density at radius 1 is 0.452 bits per heavy atom. The molecule has 0 aliphatic heterocycles. The van der Waals surface area contributed by atoms with E-state index in [1.54, 1.807) is 0 Å². The quantitative estimate of drug-likeness (QED) is 0.0690. The summed E-state index contributed by atoms with van der Waals surface area (Å²) in [5.74, 6) is 0. The standard InChI is InChI=1S/C60H48N2/c1-5-18-44(3)61(45(4)52-24-11-9-19-43(52)2)50-37-31-46(32-38-50)35-41-58-54-26-13-15-28-56(54)59(57-29-16-14-27-55(57)58)42-36-47-33-39-51(40-34-47)62(49-22-7-6-8-23-49)60-30-17-21-48-20-10-12-25-53(48)60/h5-42H,1,4H2,2-3H3/b41-35+,42-36+,44-18+. The molecule has 0 heterocycles. The lowest BCUT2D eigenvalue weighted by Gasteiger charge is -2.28. The van der Waals surface area contributed by atoms with Crippen molar-refractivity contribution in [3.05, 3.63) is 259 Å². The van der Waals surface area contributed by atoms with Crippen molar-refractivity contribution in [2.24, 2.45) is 0 Å². The summed E-state index contributed by atoms with van der Waals surface area (Å²) >= 11 is 0. The Kier molecular flexibility index (Phi) is 11.3. The summed E-state index contributed by atoms with van der Waals surface area (Å²) < 4.78 is 0. The van der Waals surface area contributed by atoms with E-state index in [-0.39, 0.29) is 0 Å². The number of anilines is 4. The monoisotopic (exact) mass is 796 g/mol. The minimum absolute atomic E-state index is 0.928. The van der Waals surface area contributed by atoms with Crippen LogP contribution in [0.3, 0.4) is 0 Å². The third kappa shape index (κ3) is 7.90. The summed E-state index contributed by atoms with van der Waals surface area (Å²) in [7, 11) is 0.